The second kappa shape index (κ2) is 5.40. The first-order valence-electron chi connectivity index (χ1n) is 5.23. The summed E-state index contributed by atoms with van der Waals surface area (Å²) >= 11 is 4.97. The van der Waals surface area contributed by atoms with Gasteiger partial charge in [0.2, 0.25) is 0 Å². The van der Waals surface area contributed by atoms with Crippen LogP contribution in [0.1, 0.15) is 10.4 Å². The summed E-state index contributed by atoms with van der Waals surface area (Å²) in [6, 6.07) is 10.2. The molecule has 0 saturated carbocycles. The molecule has 0 unspecified atom stereocenters. The maximum absolute atomic E-state index is 11.8. The maximum atomic E-state index is 11.8. The summed E-state index contributed by atoms with van der Waals surface area (Å²) in [5.41, 5.74) is -0.0916. The monoisotopic (exact) mass is 276 g/mol. The van der Waals surface area contributed by atoms with E-state index in [2.05, 4.69) is 0 Å². The smallest absolute Gasteiger partial charge is 0.330 e. The van der Waals surface area contributed by atoms with Gasteiger partial charge in [-0.3, -0.25) is 10.1 Å². The molecule has 96 valence electrons. The quantitative estimate of drug-likeness (QED) is 0.489. The SMILES string of the molecule is O=C(On1ccccc1=S)c1cccc([N+](=O)[O-])c1. The molecule has 1 aromatic carbocycles. The summed E-state index contributed by atoms with van der Waals surface area (Å²) in [4.78, 5) is 26.9. The number of hydrogen-bond donors (Lipinski definition) is 0. The van der Waals surface area contributed by atoms with Gasteiger partial charge in [0.05, 0.1) is 10.5 Å². The first kappa shape index (κ1) is 12.9. The summed E-state index contributed by atoms with van der Waals surface area (Å²) in [5.74, 6) is -0.717. The first-order valence-corrected chi connectivity index (χ1v) is 5.63. The normalized spacial score (nSPS) is 9.89. The Bertz CT molecular complexity index is 696. The number of rotatable bonds is 3. The van der Waals surface area contributed by atoms with Crippen LogP contribution in [0.2, 0.25) is 0 Å². The van der Waals surface area contributed by atoms with E-state index in [-0.39, 0.29) is 11.3 Å². The summed E-state index contributed by atoms with van der Waals surface area (Å²) in [6.45, 7) is 0. The number of aromatic nitrogens is 1. The van der Waals surface area contributed by atoms with Crippen molar-refractivity contribution in [1.82, 2.24) is 4.73 Å². The van der Waals surface area contributed by atoms with E-state index in [0.717, 1.165) is 10.8 Å². The highest BCUT2D eigenvalue weighted by molar-refractivity contribution is 7.71. The minimum Gasteiger partial charge on any atom is -0.330 e. The van der Waals surface area contributed by atoms with Gasteiger partial charge in [-0.2, -0.15) is 4.73 Å². The van der Waals surface area contributed by atoms with Crippen LogP contribution in [0.15, 0.2) is 48.7 Å². The molecule has 0 saturated heterocycles. The molecule has 2 aromatic rings. The van der Waals surface area contributed by atoms with Gasteiger partial charge in [0.15, 0.2) is 0 Å². The fraction of sp³-hybridized carbons (Fsp3) is 0. The van der Waals surface area contributed by atoms with E-state index < -0.39 is 10.9 Å². The highest BCUT2D eigenvalue weighted by Crippen LogP contribution is 2.13. The standard InChI is InChI=1S/C12H8N2O4S/c15-12(18-13-7-2-1-6-11(13)19)9-4-3-5-10(8-9)14(16)17/h1-8H. The fourth-order valence-electron chi connectivity index (χ4n) is 1.38. The Morgan fingerprint density at radius 1 is 1.26 bits per heavy atom. The summed E-state index contributed by atoms with van der Waals surface area (Å²) in [5, 5.41) is 10.6. The Balaban J connectivity index is 2.26. The van der Waals surface area contributed by atoms with Crippen molar-refractivity contribution in [2.45, 2.75) is 0 Å². The van der Waals surface area contributed by atoms with Crippen molar-refractivity contribution in [2.24, 2.45) is 0 Å². The number of carbonyl (C=O) groups is 1. The van der Waals surface area contributed by atoms with Gasteiger partial charge in [-0.15, -0.1) is 0 Å². The van der Waals surface area contributed by atoms with Crippen molar-refractivity contribution in [3.8, 4) is 0 Å². The van der Waals surface area contributed by atoms with Crippen LogP contribution < -0.4 is 4.84 Å². The molecular formula is C12H8N2O4S. The van der Waals surface area contributed by atoms with Crippen LogP contribution in [0.25, 0.3) is 0 Å². The van der Waals surface area contributed by atoms with Crippen molar-refractivity contribution in [3.63, 3.8) is 0 Å². The van der Waals surface area contributed by atoms with Crippen LogP contribution in [-0.4, -0.2) is 15.6 Å². The highest BCUT2D eigenvalue weighted by Gasteiger charge is 2.13. The zero-order valence-corrected chi connectivity index (χ0v) is 10.4. The Labute approximate surface area is 113 Å². The molecule has 0 fully saturated rings. The molecule has 0 aliphatic rings. The van der Waals surface area contributed by atoms with Crippen molar-refractivity contribution in [3.05, 3.63) is 69.0 Å². The number of benzene rings is 1. The van der Waals surface area contributed by atoms with E-state index in [9.17, 15) is 14.9 Å². The van der Waals surface area contributed by atoms with Gasteiger partial charge in [-0.05, 0) is 18.2 Å². The lowest BCUT2D eigenvalue weighted by atomic mass is 10.2. The predicted molar refractivity (Wildman–Crippen MR) is 69.3 cm³/mol. The molecule has 0 bridgehead atoms. The molecule has 0 aliphatic carbocycles. The van der Waals surface area contributed by atoms with E-state index in [1.807, 2.05) is 0 Å². The zero-order chi connectivity index (χ0) is 13.8. The third kappa shape index (κ3) is 3.02. The number of nitrogens with zero attached hydrogens (tertiary/aromatic N) is 2. The number of pyridine rings is 1. The molecule has 2 rings (SSSR count). The van der Waals surface area contributed by atoms with Gasteiger partial charge in [0.25, 0.3) is 5.69 Å². The van der Waals surface area contributed by atoms with Crippen LogP contribution in [-0.2, 0) is 0 Å². The lowest BCUT2D eigenvalue weighted by Gasteiger charge is -2.06. The summed E-state index contributed by atoms with van der Waals surface area (Å²) in [7, 11) is 0. The van der Waals surface area contributed by atoms with Gasteiger partial charge in [0, 0.05) is 18.3 Å². The molecule has 0 radical (unpaired) electrons. The number of carbonyl (C=O) groups excluding carboxylic acids is 1. The molecule has 7 heteroatoms. The van der Waals surface area contributed by atoms with Crippen LogP contribution in [0.5, 0.6) is 0 Å². The number of nitro groups is 1. The van der Waals surface area contributed by atoms with Gasteiger partial charge in [0.1, 0.15) is 4.64 Å². The van der Waals surface area contributed by atoms with Crippen molar-refractivity contribution in [2.75, 3.05) is 0 Å². The predicted octanol–water partition coefficient (Wildman–Crippen LogP) is 2.39. The largest absolute Gasteiger partial charge is 0.363 e. The molecular weight excluding hydrogens is 268 g/mol. The Morgan fingerprint density at radius 3 is 2.74 bits per heavy atom. The molecule has 0 amide bonds. The molecule has 0 spiro atoms. The minimum absolute atomic E-state index is 0.0833. The van der Waals surface area contributed by atoms with Crippen molar-refractivity contribution >= 4 is 23.9 Å². The van der Waals surface area contributed by atoms with E-state index in [0.29, 0.717) is 4.64 Å². The van der Waals surface area contributed by atoms with E-state index in [4.69, 9.17) is 17.1 Å². The first-order chi connectivity index (χ1) is 9.08. The third-order valence-corrected chi connectivity index (χ3v) is 2.58. The molecule has 1 heterocycles. The topological polar surface area (TPSA) is 74.4 Å². The van der Waals surface area contributed by atoms with Crippen LogP contribution in [0, 0.1) is 14.8 Å². The summed E-state index contributed by atoms with van der Waals surface area (Å²) < 4.78 is 1.44. The highest BCUT2D eigenvalue weighted by atomic mass is 32.1. The van der Waals surface area contributed by atoms with Crippen LogP contribution in [0.3, 0.4) is 0 Å². The van der Waals surface area contributed by atoms with Crippen molar-refractivity contribution < 1.29 is 14.6 Å². The van der Waals surface area contributed by atoms with Gasteiger partial charge >= 0.3 is 5.97 Å². The Hall–Kier alpha value is -2.54. The second-order valence-electron chi connectivity index (χ2n) is 3.55. The minimum atomic E-state index is -0.717. The van der Waals surface area contributed by atoms with E-state index in [1.165, 1.54) is 24.4 Å². The second-order valence-corrected chi connectivity index (χ2v) is 3.97. The van der Waals surface area contributed by atoms with E-state index >= 15 is 0 Å². The average molecular weight is 276 g/mol. The summed E-state index contributed by atoms with van der Waals surface area (Å²) in [6.07, 6.45) is 1.48. The van der Waals surface area contributed by atoms with Gasteiger partial charge < -0.3 is 4.84 Å². The van der Waals surface area contributed by atoms with Crippen LogP contribution >= 0.6 is 12.2 Å². The zero-order valence-electron chi connectivity index (χ0n) is 9.55. The molecule has 0 atom stereocenters. The molecule has 0 aliphatic heterocycles. The van der Waals surface area contributed by atoms with E-state index in [1.54, 1.807) is 18.2 Å². The number of non-ortho nitro benzene ring substituents is 1. The number of nitro benzene ring substituents is 1. The lowest BCUT2D eigenvalue weighted by molar-refractivity contribution is -0.384. The average Bonchev–Trinajstić information content (AvgIpc) is 2.41. The Kier molecular flexibility index (Phi) is 3.67. The molecule has 1 aromatic heterocycles. The van der Waals surface area contributed by atoms with Gasteiger partial charge in [-0.25, -0.2) is 4.79 Å². The lowest BCUT2D eigenvalue weighted by Crippen LogP contribution is -2.20. The molecule has 0 N–H and O–H groups in total. The molecule has 6 nitrogen and oxygen atoms in total. The Morgan fingerprint density at radius 2 is 2.05 bits per heavy atom. The van der Waals surface area contributed by atoms with Crippen molar-refractivity contribution in [1.29, 1.82) is 0 Å². The fourth-order valence-corrected chi connectivity index (χ4v) is 1.55. The van der Waals surface area contributed by atoms with Crippen LogP contribution in [0.4, 0.5) is 5.69 Å². The maximum Gasteiger partial charge on any atom is 0.363 e. The number of hydrogen-bond acceptors (Lipinski definition) is 5. The van der Waals surface area contributed by atoms with Gasteiger partial charge in [-0.1, -0.05) is 24.4 Å². The molecule has 19 heavy (non-hydrogen) atoms. The third-order valence-electron chi connectivity index (χ3n) is 2.26.